The SMILES string of the molecule is O=S(=O)([O-])O.[NH3+]c1ccc(CCC(=O)O)cc1. The Labute approximate surface area is 98.5 Å². The molecule has 5 N–H and O–H groups in total. The van der Waals surface area contributed by atoms with Crippen molar-refractivity contribution in [3.8, 4) is 0 Å². The Morgan fingerprint density at radius 1 is 1.29 bits per heavy atom. The maximum absolute atomic E-state index is 10.2. The van der Waals surface area contributed by atoms with E-state index >= 15 is 0 Å². The topological polar surface area (TPSA) is 142 Å². The fraction of sp³-hybridized carbons (Fsp3) is 0.222. The molecule has 0 heterocycles. The highest BCUT2D eigenvalue weighted by Gasteiger charge is 1.98. The standard InChI is InChI=1S/C9H11NO2.H2O4S/c10-8-4-1-7(2-5-8)3-6-9(11)12;1-5(2,3)4/h1-2,4-5H,3,6,10H2,(H,11,12);(H2,1,2,3,4). The quantitative estimate of drug-likeness (QED) is 0.499. The predicted molar refractivity (Wildman–Crippen MR) is 57.3 cm³/mol. The lowest BCUT2D eigenvalue weighted by Gasteiger charge is -1.96. The third-order valence-corrected chi connectivity index (χ3v) is 1.65. The summed E-state index contributed by atoms with van der Waals surface area (Å²) in [6.45, 7) is 0. The molecule has 0 aliphatic heterocycles. The van der Waals surface area contributed by atoms with Crippen molar-refractivity contribution in [2.24, 2.45) is 0 Å². The number of benzene rings is 1. The summed E-state index contributed by atoms with van der Waals surface area (Å²) in [7, 11) is -4.92. The molecular formula is C9H13NO6S. The van der Waals surface area contributed by atoms with Crippen LogP contribution in [-0.2, 0) is 21.6 Å². The number of aryl methyl sites for hydroxylation is 1. The van der Waals surface area contributed by atoms with Crippen LogP contribution in [0.1, 0.15) is 12.0 Å². The van der Waals surface area contributed by atoms with E-state index in [1.165, 1.54) is 0 Å². The fourth-order valence-electron chi connectivity index (χ4n) is 0.957. The maximum atomic E-state index is 10.2. The van der Waals surface area contributed by atoms with Gasteiger partial charge >= 0.3 is 5.97 Å². The minimum atomic E-state index is -4.92. The fourth-order valence-corrected chi connectivity index (χ4v) is 0.957. The van der Waals surface area contributed by atoms with Crippen molar-refractivity contribution in [2.45, 2.75) is 12.8 Å². The lowest BCUT2D eigenvalue weighted by molar-refractivity contribution is -0.254. The normalized spacial score (nSPS) is 10.3. The van der Waals surface area contributed by atoms with E-state index in [1.807, 2.05) is 24.3 Å². The monoisotopic (exact) mass is 263 g/mol. The Balaban J connectivity index is 0.000000437. The molecule has 0 saturated heterocycles. The Morgan fingerprint density at radius 3 is 2.06 bits per heavy atom. The predicted octanol–water partition coefficient (Wildman–Crippen LogP) is -0.418. The molecule has 0 aliphatic rings. The van der Waals surface area contributed by atoms with Crippen LogP contribution in [0.4, 0.5) is 5.69 Å². The molecule has 0 radical (unpaired) electrons. The van der Waals surface area contributed by atoms with Crippen LogP contribution in [0, 0.1) is 0 Å². The zero-order chi connectivity index (χ0) is 13.5. The van der Waals surface area contributed by atoms with Crippen molar-refractivity contribution in [2.75, 3.05) is 0 Å². The molecular weight excluding hydrogens is 250 g/mol. The molecule has 0 saturated carbocycles. The smallest absolute Gasteiger partial charge is 0.303 e. The van der Waals surface area contributed by atoms with E-state index in [0.717, 1.165) is 11.3 Å². The lowest BCUT2D eigenvalue weighted by atomic mass is 10.1. The van der Waals surface area contributed by atoms with Crippen LogP contribution in [-0.4, -0.2) is 28.6 Å². The number of carbonyl (C=O) groups is 1. The molecule has 0 fully saturated rings. The molecule has 0 spiro atoms. The van der Waals surface area contributed by atoms with E-state index in [4.69, 9.17) is 22.6 Å². The molecule has 8 heteroatoms. The first-order chi connectivity index (χ1) is 7.68. The van der Waals surface area contributed by atoms with Crippen molar-refractivity contribution in [3.05, 3.63) is 29.8 Å². The van der Waals surface area contributed by atoms with Crippen LogP contribution >= 0.6 is 0 Å². The highest BCUT2D eigenvalue weighted by molar-refractivity contribution is 7.79. The van der Waals surface area contributed by atoms with Gasteiger partial charge in [0.05, 0.1) is 0 Å². The van der Waals surface area contributed by atoms with Gasteiger partial charge in [-0.2, -0.15) is 0 Å². The molecule has 0 amide bonds. The van der Waals surface area contributed by atoms with E-state index in [2.05, 4.69) is 5.73 Å². The second kappa shape index (κ2) is 6.97. The van der Waals surface area contributed by atoms with Gasteiger partial charge in [-0.25, -0.2) is 8.42 Å². The zero-order valence-electron chi connectivity index (χ0n) is 8.87. The summed E-state index contributed by atoms with van der Waals surface area (Å²) in [6.07, 6.45) is 0.784. The number of carboxylic acids is 1. The van der Waals surface area contributed by atoms with Crippen LogP contribution in [0.5, 0.6) is 0 Å². The lowest BCUT2D eigenvalue weighted by Crippen LogP contribution is -2.39. The zero-order valence-corrected chi connectivity index (χ0v) is 9.68. The van der Waals surface area contributed by atoms with E-state index in [-0.39, 0.29) is 6.42 Å². The number of rotatable bonds is 3. The first kappa shape index (κ1) is 15.5. The summed E-state index contributed by atoms with van der Waals surface area (Å²) >= 11 is 0. The van der Waals surface area contributed by atoms with Gasteiger partial charge in [-0.1, -0.05) is 12.1 Å². The van der Waals surface area contributed by atoms with Crippen LogP contribution < -0.4 is 5.73 Å². The first-order valence-corrected chi connectivity index (χ1v) is 5.86. The Morgan fingerprint density at radius 2 is 1.71 bits per heavy atom. The highest BCUT2D eigenvalue weighted by Crippen LogP contribution is 2.06. The second-order valence-corrected chi connectivity index (χ2v) is 3.99. The van der Waals surface area contributed by atoms with Gasteiger partial charge in [0.2, 0.25) is 10.4 Å². The minimum Gasteiger partial charge on any atom is -0.726 e. The largest absolute Gasteiger partial charge is 0.726 e. The molecule has 7 nitrogen and oxygen atoms in total. The van der Waals surface area contributed by atoms with Gasteiger partial charge in [-0.3, -0.25) is 9.35 Å². The Hall–Kier alpha value is -1.48. The van der Waals surface area contributed by atoms with Crippen LogP contribution in [0.25, 0.3) is 0 Å². The molecule has 0 unspecified atom stereocenters. The first-order valence-electron chi connectivity index (χ1n) is 4.49. The van der Waals surface area contributed by atoms with Crippen molar-refractivity contribution in [1.82, 2.24) is 0 Å². The summed E-state index contributed by atoms with van der Waals surface area (Å²) in [6, 6.07) is 7.59. The van der Waals surface area contributed by atoms with Crippen LogP contribution in [0.3, 0.4) is 0 Å². The van der Waals surface area contributed by atoms with Crippen LogP contribution in [0.15, 0.2) is 24.3 Å². The molecule has 1 aromatic rings. The van der Waals surface area contributed by atoms with Gasteiger partial charge in [0, 0.05) is 6.42 Å². The molecule has 1 rings (SSSR count). The average molecular weight is 263 g/mol. The molecule has 17 heavy (non-hydrogen) atoms. The van der Waals surface area contributed by atoms with Gasteiger partial charge < -0.3 is 15.4 Å². The van der Waals surface area contributed by atoms with Gasteiger partial charge in [0.15, 0.2) is 0 Å². The van der Waals surface area contributed by atoms with Crippen molar-refractivity contribution in [1.29, 1.82) is 0 Å². The van der Waals surface area contributed by atoms with Gasteiger partial charge in [-0.15, -0.1) is 0 Å². The molecule has 0 aromatic heterocycles. The summed E-state index contributed by atoms with van der Waals surface area (Å²) in [4.78, 5) is 10.2. The van der Waals surface area contributed by atoms with E-state index in [0.29, 0.717) is 6.42 Å². The average Bonchev–Trinajstić information content (AvgIpc) is 2.14. The van der Waals surface area contributed by atoms with Crippen molar-refractivity contribution in [3.63, 3.8) is 0 Å². The van der Waals surface area contributed by atoms with Crippen molar-refractivity contribution >= 4 is 22.1 Å². The molecule has 0 aliphatic carbocycles. The summed E-state index contributed by atoms with van der Waals surface area (Å²) in [5.41, 5.74) is 5.74. The number of hydrogen-bond acceptors (Lipinski definition) is 4. The summed E-state index contributed by atoms with van der Waals surface area (Å²) in [5, 5.41) is 8.42. The molecule has 1 aromatic carbocycles. The van der Waals surface area contributed by atoms with E-state index < -0.39 is 16.4 Å². The molecule has 0 atom stereocenters. The van der Waals surface area contributed by atoms with Gasteiger partial charge in [0.1, 0.15) is 5.69 Å². The van der Waals surface area contributed by atoms with Gasteiger partial charge in [0.25, 0.3) is 0 Å². The number of hydrogen-bond donors (Lipinski definition) is 3. The molecule has 96 valence electrons. The maximum Gasteiger partial charge on any atom is 0.303 e. The summed E-state index contributed by atoms with van der Waals surface area (Å²) in [5.74, 6) is -0.756. The number of carboxylic acid groups (broad SMARTS) is 1. The van der Waals surface area contributed by atoms with Crippen LogP contribution in [0.2, 0.25) is 0 Å². The number of quaternary nitrogens is 1. The third-order valence-electron chi connectivity index (χ3n) is 1.65. The summed E-state index contributed by atoms with van der Waals surface area (Å²) < 4.78 is 32.8. The Bertz CT molecular complexity index is 445. The van der Waals surface area contributed by atoms with E-state index in [1.54, 1.807) is 0 Å². The second-order valence-electron chi connectivity index (χ2n) is 3.14. The van der Waals surface area contributed by atoms with Gasteiger partial charge in [-0.05, 0) is 24.1 Å². The van der Waals surface area contributed by atoms with Crippen molar-refractivity contribution < 1.29 is 33.2 Å². The van der Waals surface area contributed by atoms with E-state index in [9.17, 15) is 4.79 Å². The minimum absolute atomic E-state index is 0.191. The molecule has 0 bridgehead atoms. The third kappa shape index (κ3) is 12.5. The number of aliphatic carboxylic acids is 1. The highest BCUT2D eigenvalue weighted by atomic mass is 32.3. The Kier molecular flexibility index (Phi) is 6.36.